The quantitative estimate of drug-likeness (QED) is 0.519. The molecule has 0 atom stereocenters. The molecular weight excluding hydrogens is 327 g/mol. The van der Waals surface area contributed by atoms with Gasteiger partial charge in [0.2, 0.25) is 0 Å². The van der Waals surface area contributed by atoms with Gasteiger partial charge in [0.25, 0.3) is 0 Å². The van der Waals surface area contributed by atoms with Gasteiger partial charge in [0.05, 0.1) is 0 Å². The fourth-order valence-electron chi connectivity index (χ4n) is 2.92. The van der Waals surface area contributed by atoms with Crippen molar-refractivity contribution in [2.75, 3.05) is 0 Å². The third-order valence-electron chi connectivity index (χ3n) is 4.14. The minimum absolute atomic E-state index is 0.358. The molecular formula is C22H21O2P. The van der Waals surface area contributed by atoms with Crippen LogP contribution in [0.15, 0.2) is 103 Å². The average molecular weight is 348 g/mol. The maximum atomic E-state index is 12.6. The van der Waals surface area contributed by atoms with Gasteiger partial charge in [-0.2, -0.15) is 0 Å². The van der Waals surface area contributed by atoms with E-state index in [-0.39, 0.29) is 5.97 Å². The molecule has 0 spiro atoms. The van der Waals surface area contributed by atoms with Crippen LogP contribution in [0.3, 0.4) is 0 Å². The van der Waals surface area contributed by atoms with Gasteiger partial charge in [-0.15, -0.1) is 0 Å². The van der Waals surface area contributed by atoms with Crippen LogP contribution in [0.2, 0.25) is 0 Å². The average Bonchev–Trinajstić information content (AvgIpc) is 2.68. The predicted octanol–water partition coefficient (Wildman–Crippen LogP) is 3.75. The molecule has 0 aliphatic carbocycles. The Morgan fingerprint density at radius 1 is 0.720 bits per heavy atom. The van der Waals surface area contributed by atoms with Gasteiger partial charge in [-0.05, 0) is 0 Å². The summed E-state index contributed by atoms with van der Waals surface area (Å²) < 4.78 is 6.26. The minimum atomic E-state index is -2.96. The summed E-state index contributed by atoms with van der Waals surface area (Å²) in [5.41, 5.74) is 0.402. The Hall–Kier alpha value is -2.70. The molecule has 0 N–H and O–H groups in total. The van der Waals surface area contributed by atoms with Crippen LogP contribution >= 0.6 is 7.49 Å². The standard InChI is InChI=1S/C22H21O2P/c1-18(2)22(23)24-25(19-12-6-3-7-13-19,20-14-8-4-9-15-20)21-16-10-5-11-17-21/h3-17,25H,1H2,2H3. The number of carbonyl (C=O) groups excluding carboxylic acids is 1. The molecule has 0 heterocycles. The molecule has 126 valence electrons. The van der Waals surface area contributed by atoms with Crippen LogP contribution in [0.25, 0.3) is 0 Å². The first-order chi connectivity index (χ1) is 12.1. The summed E-state index contributed by atoms with van der Waals surface area (Å²) >= 11 is 0. The second-order valence-electron chi connectivity index (χ2n) is 5.95. The third kappa shape index (κ3) is 3.40. The molecule has 3 heteroatoms. The molecule has 3 aromatic carbocycles. The summed E-state index contributed by atoms with van der Waals surface area (Å²) in [6.45, 7) is 5.45. The van der Waals surface area contributed by atoms with Crippen LogP contribution in [-0.4, -0.2) is 5.97 Å². The van der Waals surface area contributed by atoms with Crippen molar-refractivity contribution in [1.29, 1.82) is 0 Å². The summed E-state index contributed by atoms with van der Waals surface area (Å²) in [6, 6.07) is 30.1. The predicted molar refractivity (Wildman–Crippen MR) is 107 cm³/mol. The first-order valence-corrected chi connectivity index (χ1v) is 10.1. The molecule has 0 radical (unpaired) electrons. The molecule has 3 aromatic rings. The van der Waals surface area contributed by atoms with E-state index in [1.54, 1.807) is 6.92 Å². The van der Waals surface area contributed by atoms with E-state index in [1.165, 1.54) is 0 Å². The van der Waals surface area contributed by atoms with Crippen LogP contribution in [0.1, 0.15) is 6.92 Å². The van der Waals surface area contributed by atoms with Crippen molar-refractivity contribution < 1.29 is 9.32 Å². The van der Waals surface area contributed by atoms with E-state index in [1.807, 2.05) is 91.0 Å². The van der Waals surface area contributed by atoms with Crippen molar-refractivity contribution in [3.63, 3.8) is 0 Å². The first kappa shape index (κ1) is 17.1. The molecule has 0 bridgehead atoms. The van der Waals surface area contributed by atoms with E-state index in [0.29, 0.717) is 5.57 Å². The van der Waals surface area contributed by atoms with Crippen molar-refractivity contribution in [3.8, 4) is 0 Å². The SMILES string of the molecule is C=C(C)C(=O)O[PH](c1ccccc1)(c1ccccc1)c1ccccc1. The molecule has 2 nitrogen and oxygen atoms in total. The van der Waals surface area contributed by atoms with Gasteiger partial charge >= 0.3 is 149 Å². The molecule has 25 heavy (non-hydrogen) atoms. The molecule has 0 aliphatic heterocycles. The Morgan fingerprint density at radius 2 is 1.04 bits per heavy atom. The number of carbonyl (C=O) groups is 1. The Morgan fingerprint density at radius 3 is 1.32 bits per heavy atom. The Balaban J connectivity index is 2.31. The van der Waals surface area contributed by atoms with Crippen LogP contribution in [0.5, 0.6) is 0 Å². The molecule has 0 aromatic heterocycles. The van der Waals surface area contributed by atoms with Crippen LogP contribution in [0.4, 0.5) is 0 Å². The van der Waals surface area contributed by atoms with Crippen molar-refractivity contribution in [2.24, 2.45) is 0 Å². The summed E-state index contributed by atoms with van der Waals surface area (Å²) in [5, 5.41) is 3.09. The Bertz CT molecular complexity index is 762. The van der Waals surface area contributed by atoms with E-state index in [9.17, 15) is 4.79 Å². The van der Waals surface area contributed by atoms with Gasteiger partial charge in [0, 0.05) is 0 Å². The third-order valence-corrected chi connectivity index (χ3v) is 8.07. The van der Waals surface area contributed by atoms with E-state index in [0.717, 1.165) is 15.9 Å². The fourth-order valence-corrected chi connectivity index (χ4v) is 6.71. The number of hydrogen-bond donors (Lipinski definition) is 0. The Labute approximate surface area is 149 Å². The molecule has 0 saturated heterocycles. The van der Waals surface area contributed by atoms with Crippen LogP contribution in [0, 0.1) is 0 Å². The fraction of sp³-hybridized carbons (Fsp3) is 0.0455. The summed E-state index contributed by atoms with van der Waals surface area (Å²) in [5.74, 6) is -0.358. The normalized spacial score (nSPS) is 11.6. The summed E-state index contributed by atoms with van der Waals surface area (Å²) in [4.78, 5) is 12.6. The molecule has 0 unspecified atom stereocenters. The van der Waals surface area contributed by atoms with Gasteiger partial charge in [0.15, 0.2) is 0 Å². The number of rotatable bonds is 5. The molecule has 0 amide bonds. The number of benzene rings is 3. The van der Waals surface area contributed by atoms with Gasteiger partial charge in [-0.25, -0.2) is 0 Å². The molecule has 3 rings (SSSR count). The monoisotopic (exact) mass is 348 g/mol. The maximum absolute atomic E-state index is 12.6. The molecule has 0 fully saturated rings. The topological polar surface area (TPSA) is 26.3 Å². The second-order valence-corrected chi connectivity index (χ2v) is 9.25. The Kier molecular flexibility index (Phi) is 5.11. The van der Waals surface area contributed by atoms with Crippen molar-refractivity contribution in [3.05, 3.63) is 103 Å². The van der Waals surface area contributed by atoms with Gasteiger partial charge in [-0.1, -0.05) is 0 Å². The zero-order valence-corrected chi connectivity index (χ0v) is 15.2. The van der Waals surface area contributed by atoms with Gasteiger partial charge < -0.3 is 0 Å². The zero-order valence-electron chi connectivity index (χ0n) is 14.2. The van der Waals surface area contributed by atoms with Crippen molar-refractivity contribution in [2.45, 2.75) is 6.92 Å². The summed E-state index contributed by atoms with van der Waals surface area (Å²) in [6.07, 6.45) is 0. The van der Waals surface area contributed by atoms with E-state index in [4.69, 9.17) is 4.52 Å². The van der Waals surface area contributed by atoms with Crippen LogP contribution < -0.4 is 15.9 Å². The second kappa shape index (κ2) is 7.46. The molecule has 0 aliphatic rings. The first-order valence-electron chi connectivity index (χ1n) is 8.20. The zero-order chi connectivity index (χ0) is 17.7. The van der Waals surface area contributed by atoms with E-state index < -0.39 is 7.49 Å². The van der Waals surface area contributed by atoms with Crippen molar-refractivity contribution >= 4 is 29.4 Å². The van der Waals surface area contributed by atoms with Crippen LogP contribution in [-0.2, 0) is 9.32 Å². The number of hydrogen-bond acceptors (Lipinski definition) is 2. The summed E-state index contributed by atoms with van der Waals surface area (Å²) in [7, 11) is -2.96. The van der Waals surface area contributed by atoms with E-state index in [2.05, 4.69) is 6.58 Å². The molecule has 0 saturated carbocycles. The van der Waals surface area contributed by atoms with Gasteiger partial charge in [-0.3, -0.25) is 0 Å². The van der Waals surface area contributed by atoms with Crippen molar-refractivity contribution in [1.82, 2.24) is 0 Å². The van der Waals surface area contributed by atoms with Gasteiger partial charge in [0.1, 0.15) is 0 Å². The van der Waals surface area contributed by atoms with E-state index >= 15 is 0 Å².